The summed E-state index contributed by atoms with van der Waals surface area (Å²) in [5.41, 5.74) is 3.47. The average Bonchev–Trinajstić information content (AvgIpc) is 3.22. The molecule has 0 atom stereocenters. The zero-order valence-corrected chi connectivity index (χ0v) is 18.0. The number of anilines is 1. The molecule has 2 heterocycles. The van der Waals surface area contributed by atoms with Gasteiger partial charge in [-0.15, -0.1) is 0 Å². The Morgan fingerprint density at radius 1 is 1.03 bits per heavy atom. The highest BCUT2D eigenvalue weighted by molar-refractivity contribution is 9.10. The van der Waals surface area contributed by atoms with E-state index in [1.165, 1.54) is 5.56 Å². The topological polar surface area (TPSA) is 53.4 Å². The van der Waals surface area contributed by atoms with Crippen LogP contribution in [0.5, 0.6) is 0 Å². The molecular formula is C22H24BrN5O. The van der Waals surface area contributed by atoms with Gasteiger partial charge in [0.05, 0.1) is 17.4 Å². The molecular weight excluding hydrogens is 430 g/mol. The second-order valence-electron chi connectivity index (χ2n) is 7.38. The lowest BCUT2D eigenvalue weighted by atomic mass is 10.1. The summed E-state index contributed by atoms with van der Waals surface area (Å²) in [5.74, 6) is -0.167. The van der Waals surface area contributed by atoms with Gasteiger partial charge in [0.2, 0.25) is 0 Å². The molecule has 4 rings (SSSR count). The average molecular weight is 454 g/mol. The number of benzene rings is 2. The molecule has 1 N–H and O–H groups in total. The summed E-state index contributed by atoms with van der Waals surface area (Å²) in [6, 6.07) is 15.9. The molecule has 7 heteroatoms. The largest absolute Gasteiger partial charge is 0.322 e. The number of nitrogens with one attached hydrogen (secondary N) is 1. The van der Waals surface area contributed by atoms with Gasteiger partial charge in [0.25, 0.3) is 5.91 Å². The number of aromatic nitrogens is 2. The minimum atomic E-state index is -0.167. The summed E-state index contributed by atoms with van der Waals surface area (Å²) >= 11 is 3.42. The smallest absolute Gasteiger partial charge is 0.258 e. The van der Waals surface area contributed by atoms with Crippen molar-refractivity contribution in [2.75, 3.05) is 38.5 Å². The quantitative estimate of drug-likeness (QED) is 0.640. The second kappa shape index (κ2) is 8.90. The van der Waals surface area contributed by atoms with E-state index in [1.807, 2.05) is 36.4 Å². The number of rotatable bonds is 5. The van der Waals surface area contributed by atoms with Crippen molar-refractivity contribution in [3.05, 3.63) is 76.5 Å². The van der Waals surface area contributed by atoms with E-state index < -0.39 is 0 Å². The first-order chi connectivity index (χ1) is 14.1. The summed E-state index contributed by atoms with van der Waals surface area (Å²) in [6.45, 7) is 5.36. The van der Waals surface area contributed by atoms with E-state index in [2.05, 4.69) is 55.3 Å². The van der Waals surface area contributed by atoms with Crippen molar-refractivity contribution in [1.82, 2.24) is 19.6 Å². The minimum absolute atomic E-state index is 0.167. The van der Waals surface area contributed by atoms with Gasteiger partial charge in [-0.2, -0.15) is 5.10 Å². The fourth-order valence-electron chi connectivity index (χ4n) is 3.34. The van der Waals surface area contributed by atoms with Gasteiger partial charge in [0, 0.05) is 49.1 Å². The number of amides is 1. The molecule has 29 heavy (non-hydrogen) atoms. The highest BCUT2D eigenvalue weighted by Gasteiger charge is 2.14. The zero-order chi connectivity index (χ0) is 20.2. The molecule has 150 valence electrons. The van der Waals surface area contributed by atoms with E-state index in [0.29, 0.717) is 5.56 Å². The number of halogens is 1. The molecule has 0 saturated carbocycles. The number of hydrogen-bond donors (Lipinski definition) is 1. The summed E-state index contributed by atoms with van der Waals surface area (Å²) < 4.78 is 2.70. The molecule has 1 aromatic heterocycles. The van der Waals surface area contributed by atoms with Crippen molar-refractivity contribution in [1.29, 1.82) is 0 Å². The summed E-state index contributed by atoms with van der Waals surface area (Å²) in [7, 11) is 2.16. The summed E-state index contributed by atoms with van der Waals surface area (Å²) in [4.78, 5) is 17.4. The van der Waals surface area contributed by atoms with Crippen LogP contribution < -0.4 is 5.32 Å². The SMILES string of the molecule is CN1CCN(Cc2ccc(NC(=O)c3cnn(-c4ccc(Br)cc4)c3)cc2)CC1. The predicted octanol–water partition coefficient (Wildman–Crippen LogP) is 3.63. The number of carbonyl (C=O) groups is 1. The van der Waals surface area contributed by atoms with Crippen LogP contribution in [0.3, 0.4) is 0 Å². The molecule has 0 bridgehead atoms. The minimum Gasteiger partial charge on any atom is -0.322 e. The van der Waals surface area contributed by atoms with Crippen molar-refractivity contribution in [2.24, 2.45) is 0 Å². The van der Waals surface area contributed by atoms with Gasteiger partial charge >= 0.3 is 0 Å². The molecule has 1 fully saturated rings. The van der Waals surface area contributed by atoms with E-state index in [1.54, 1.807) is 17.1 Å². The fourth-order valence-corrected chi connectivity index (χ4v) is 3.60. The lowest BCUT2D eigenvalue weighted by molar-refractivity contribution is 0.102. The molecule has 0 aliphatic carbocycles. The third-order valence-electron chi connectivity index (χ3n) is 5.15. The van der Waals surface area contributed by atoms with Crippen LogP contribution in [0.2, 0.25) is 0 Å². The third-order valence-corrected chi connectivity index (χ3v) is 5.68. The van der Waals surface area contributed by atoms with Crippen LogP contribution in [0.1, 0.15) is 15.9 Å². The van der Waals surface area contributed by atoms with Gasteiger partial charge in [0.1, 0.15) is 0 Å². The van der Waals surface area contributed by atoms with Gasteiger partial charge in [0.15, 0.2) is 0 Å². The Morgan fingerprint density at radius 2 is 1.72 bits per heavy atom. The molecule has 1 saturated heterocycles. The molecule has 0 unspecified atom stereocenters. The van der Waals surface area contributed by atoms with Crippen LogP contribution in [0.4, 0.5) is 5.69 Å². The van der Waals surface area contributed by atoms with Gasteiger partial charge in [-0.25, -0.2) is 4.68 Å². The van der Waals surface area contributed by atoms with E-state index >= 15 is 0 Å². The molecule has 1 amide bonds. The first kappa shape index (κ1) is 19.8. The molecule has 6 nitrogen and oxygen atoms in total. The van der Waals surface area contributed by atoms with E-state index in [4.69, 9.17) is 0 Å². The van der Waals surface area contributed by atoms with Gasteiger partial charge < -0.3 is 10.2 Å². The van der Waals surface area contributed by atoms with Crippen LogP contribution in [0.25, 0.3) is 5.69 Å². The Labute approximate surface area is 179 Å². The third kappa shape index (κ3) is 5.12. The van der Waals surface area contributed by atoms with E-state index in [-0.39, 0.29) is 5.91 Å². The van der Waals surface area contributed by atoms with E-state index in [0.717, 1.165) is 48.6 Å². The zero-order valence-electron chi connectivity index (χ0n) is 16.4. The van der Waals surface area contributed by atoms with Gasteiger partial charge in [-0.05, 0) is 49.0 Å². The first-order valence-electron chi connectivity index (χ1n) is 9.69. The predicted molar refractivity (Wildman–Crippen MR) is 118 cm³/mol. The van der Waals surface area contributed by atoms with Gasteiger partial charge in [-0.1, -0.05) is 28.1 Å². The molecule has 2 aromatic carbocycles. The summed E-state index contributed by atoms with van der Waals surface area (Å²) in [5, 5.41) is 7.24. The standard InChI is InChI=1S/C22H24BrN5O/c1-26-10-12-27(13-11-26)15-17-2-6-20(7-3-17)25-22(29)18-14-24-28(16-18)21-8-4-19(23)5-9-21/h2-9,14,16H,10-13,15H2,1H3,(H,25,29). The first-order valence-corrected chi connectivity index (χ1v) is 10.5. The molecule has 1 aliphatic heterocycles. The van der Waals surface area contributed by atoms with Crippen LogP contribution in [0, 0.1) is 0 Å². The maximum Gasteiger partial charge on any atom is 0.258 e. The highest BCUT2D eigenvalue weighted by atomic mass is 79.9. The number of carbonyl (C=O) groups excluding carboxylic acids is 1. The van der Waals surface area contributed by atoms with Crippen molar-refractivity contribution < 1.29 is 4.79 Å². The van der Waals surface area contributed by atoms with Crippen molar-refractivity contribution in [2.45, 2.75) is 6.54 Å². The Balaban J connectivity index is 1.35. The lowest BCUT2D eigenvalue weighted by Gasteiger charge is -2.32. The van der Waals surface area contributed by atoms with Gasteiger partial charge in [-0.3, -0.25) is 9.69 Å². The number of likely N-dealkylation sites (N-methyl/N-ethyl adjacent to an activating group) is 1. The Kier molecular flexibility index (Phi) is 6.08. The Bertz CT molecular complexity index is 960. The summed E-state index contributed by atoms with van der Waals surface area (Å²) in [6.07, 6.45) is 3.32. The monoisotopic (exact) mass is 453 g/mol. The number of piperazine rings is 1. The highest BCUT2D eigenvalue weighted by Crippen LogP contribution is 2.16. The van der Waals surface area contributed by atoms with Crippen LogP contribution >= 0.6 is 15.9 Å². The molecule has 0 spiro atoms. The second-order valence-corrected chi connectivity index (χ2v) is 8.30. The maximum absolute atomic E-state index is 12.6. The van der Waals surface area contributed by atoms with E-state index in [9.17, 15) is 4.79 Å². The molecule has 1 aliphatic rings. The van der Waals surface area contributed by atoms with Crippen molar-refractivity contribution in [3.63, 3.8) is 0 Å². The Hall–Kier alpha value is -2.48. The fraction of sp³-hybridized carbons (Fsp3) is 0.273. The molecule has 0 radical (unpaired) electrons. The van der Waals surface area contributed by atoms with Crippen LogP contribution in [-0.2, 0) is 6.54 Å². The van der Waals surface area contributed by atoms with Crippen molar-refractivity contribution in [3.8, 4) is 5.69 Å². The number of nitrogens with zero attached hydrogens (tertiary/aromatic N) is 4. The van der Waals surface area contributed by atoms with Crippen LogP contribution in [-0.4, -0.2) is 58.7 Å². The lowest BCUT2D eigenvalue weighted by Crippen LogP contribution is -2.43. The normalized spacial score (nSPS) is 15.4. The van der Waals surface area contributed by atoms with Crippen molar-refractivity contribution >= 4 is 27.5 Å². The Morgan fingerprint density at radius 3 is 2.41 bits per heavy atom. The maximum atomic E-state index is 12.6. The van der Waals surface area contributed by atoms with Crippen LogP contribution in [0.15, 0.2) is 65.4 Å². The number of hydrogen-bond acceptors (Lipinski definition) is 4. The molecule has 3 aromatic rings.